The topological polar surface area (TPSA) is 49.7 Å². The maximum Gasteiger partial charge on any atom is 0.492 e. The van der Waals surface area contributed by atoms with Gasteiger partial charge in [0.15, 0.2) is 0 Å². The lowest BCUT2D eigenvalue weighted by atomic mass is 9.79. The Morgan fingerprint density at radius 3 is 2.42 bits per heavy atom. The Morgan fingerprint density at radius 2 is 1.74 bits per heavy atom. The lowest BCUT2D eigenvalue weighted by Gasteiger charge is -2.11. The van der Waals surface area contributed by atoms with Crippen LogP contribution < -0.4 is 10.2 Å². The smallest absolute Gasteiger partial charge is 0.492 e. The lowest BCUT2D eigenvalue weighted by molar-refractivity contribution is 0.305. The van der Waals surface area contributed by atoms with Crippen LogP contribution in [0.15, 0.2) is 18.2 Å². The SMILES string of the molecule is CCCCCCCCOc1ccc(C)cc1B(O)O. The minimum absolute atomic E-state index is 0.450. The summed E-state index contributed by atoms with van der Waals surface area (Å²) in [5.74, 6) is 0.578. The lowest BCUT2D eigenvalue weighted by Crippen LogP contribution is -2.31. The average molecular weight is 264 g/mol. The Hall–Kier alpha value is -0.995. The van der Waals surface area contributed by atoms with E-state index < -0.39 is 7.12 Å². The zero-order valence-electron chi connectivity index (χ0n) is 12.1. The van der Waals surface area contributed by atoms with Gasteiger partial charge in [0.25, 0.3) is 0 Å². The molecule has 0 atom stereocenters. The van der Waals surface area contributed by atoms with E-state index in [0.29, 0.717) is 17.8 Å². The summed E-state index contributed by atoms with van der Waals surface area (Å²) < 4.78 is 5.64. The van der Waals surface area contributed by atoms with Gasteiger partial charge in [0, 0.05) is 5.46 Å². The number of benzene rings is 1. The minimum Gasteiger partial charge on any atom is -0.494 e. The normalized spacial score (nSPS) is 10.5. The van der Waals surface area contributed by atoms with E-state index in [2.05, 4.69) is 6.92 Å². The third-order valence-electron chi connectivity index (χ3n) is 3.20. The molecular formula is C15H25BO3. The quantitative estimate of drug-likeness (QED) is 0.532. The van der Waals surface area contributed by atoms with Crippen LogP contribution in [-0.2, 0) is 0 Å². The Morgan fingerprint density at radius 1 is 1.05 bits per heavy atom. The first-order chi connectivity index (χ1) is 9.15. The maximum atomic E-state index is 9.30. The summed E-state index contributed by atoms with van der Waals surface area (Å²) in [6.07, 6.45) is 7.29. The van der Waals surface area contributed by atoms with Gasteiger partial charge in [-0.3, -0.25) is 0 Å². The fraction of sp³-hybridized carbons (Fsp3) is 0.600. The van der Waals surface area contributed by atoms with Crippen LogP contribution >= 0.6 is 0 Å². The molecule has 4 heteroatoms. The van der Waals surface area contributed by atoms with E-state index in [1.807, 2.05) is 13.0 Å². The zero-order chi connectivity index (χ0) is 14.1. The minimum atomic E-state index is -1.47. The van der Waals surface area contributed by atoms with Crippen molar-refractivity contribution in [2.75, 3.05) is 6.61 Å². The van der Waals surface area contributed by atoms with Gasteiger partial charge in [0.1, 0.15) is 5.75 Å². The number of rotatable bonds is 9. The summed E-state index contributed by atoms with van der Waals surface area (Å²) in [7, 11) is -1.47. The van der Waals surface area contributed by atoms with Crippen LogP contribution in [0.3, 0.4) is 0 Å². The van der Waals surface area contributed by atoms with Gasteiger partial charge in [-0.1, -0.05) is 56.7 Å². The number of hydrogen-bond donors (Lipinski definition) is 2. The predicted octanol–water partition coefficient (Wildman–Crippen LogP) is 2.41. The van der Waals surface area contributed by atoms with Crippen LogP contribution in [-0.4, -0.2) is 23.8 Å². The second kappa shape index (κ2) is 9.00. The molecule has 0 unspecified atom stereocenters. The summed E-state index contributed by atoms with van der Waals surface area (Å²) in [6, 6.07) is 5.48. The second-order valence-electron chi connectivity index (χ2n) is 5.03. The van der Waals surface area contributed by atoms with Crippen LogP contribution in [0.5, 0.6) is 5.75 Å². The van der Waals surface area contributed by atoms with Gasteiger partial charge < -0.3 is 14.8 Å². The molecule has 0 heterocycles. The second-order valence-corrected chi connectivity index (χ2v) is 5.03. The monoisotopic (exact) mass is 264 g/mol. The number of hydrogen-bond acceptors (Lipinski definition) is 3. The van der Waals surface area contributed by atoms with Gasteiger partial charge in [-0.05, 0) is 19.4 Å². The van der Waals surface area contributed by atoms with Crippen molar-refractivity contribution in [1.29, 1.82) is 0 Å². The first-order valence-electron chi connectivity index (χ1n) is 7.24. The van der Waals surface area contributed by atoms with Gasteiger partial charge in [-0.2, -0.15) is 0 Å². The number of ether oxygens (including phenoxy) is 1. The van der Waals surface area contributed by atoms with Crippen molar-refractivity contribution < 1.29 is 14.8 Å². The van der Waals surface area contributed by atoms with Crippen LogP contribution in [0.25, 0.3) is 0 Å². The van der Waals surface area contributed by atoms with Crippen LogP contribution in [0.4, 0.5) is 0 Å². The molecule has 0 aliphatic carbocycles. The molecule has 0 saturated heterocycles. The zero-order valence-corrected chi connectivity index (χ0v) is 12.1. The highest BCUT2D eigenvalue weighted by molar-refractivity contribution is 6.59. The highest BCUT2D eigenvalue weighted by Gasteiger charge is 2.17. The molecule has 0 aliphatic heterocycles. The van der Waals surface area contributed by atoms with Crippen molar-refractivity contribution in [3.63, 3.8) is 0 Å². The Kier molecular flexibility index (Phi) is 7.60. The summed E-state index contributed by atoms with van der Waals surface area (Å²) in [4.78, 5) is 0. The average Bonchev–Trinajstić information content (AvgIpc) is 2.39. The fourth-order valence-electron chi connectivity index (χ4n) is 2.07. The van der Waals surface area contributed by atoms with Crippen LogP contribution in [0.1, 0.15) is 51.0 Å². The van der Waals surface area contributed by atoms with Gasteiger partial charge in [0.05, 0.1) is 6.61 Å². The van der Waals surface area contributed by atoms with E-state index in [-0.39, 0.29) is 0 Å². The molecule has 2 N–H and O–H groups in total. The molecule has 0 aliphatic rings. The molecule has 0 radical (unpaired) electrons. The van der Waals surface area contributed by atoms with E-state index in [9.17, 15) is 10.0 Å². The Labute approximate surface area is 116 Å². The molecule has 1 aromatic carbocycles. The summed E-state index contributed by atoms with van der Waals surface area (Å²) in [6.45, 7) is 4.76. The molecule has 0 amide bonds. The molecule has 0 bridgehead atoms. The third kappa shape index (κ3) is 6.12. The van der Waals surface area contributed by atoms with Gasteiger partial charge in [-0.15, -0.1) is 0 Å². The molecule has 1 aromatic rings. The predicted molar refractivity (Wildman–Crippen MR) is 79.9 cm³/mol. The maximum absolute atomic E-state index is 9.30. The Balaban J connectivity index is 2.33. The van der Waals surface area contributed by atoms with Crippen LogP contribution in [0, 0.1) is 6.92 Å². The van der Waals surface area contributed by atoms with E-state index in [1.165, 1.54) is 32.1 Å². The summed E-state index contributed by atoms with van der Waals surface area (Å²) in [5, 5.41) is 18.6. The molecule has 0 fully saturated rings. The van der Waals surface area contributed by atoms with Gasteiger partial charge >= 0.3 is 7.12 Å². The van der Waals surface area contributed by atoms with Crippen molar-refractivity contribution in [3.8, 4) is 5.75 Å². The van der Waals surface area contributed by atoms with Crippen molar-refractivity contribution in [1.82, 2.24) is 0 Å². The summed E-state index contributed by atoms with van der Waals surface area (Å²) >= 11 is 0. The van der Waals surface area contributed by atoms with Crippen molar-refractivity contribution in [2.24, 2.45) is 0 Å². The first kappa shape index (κ1) is 16.1. The highest BCUT2D eigenvalue weighted by Crippen LogP contribution is 2.11. The fourth-order valence-corrected chi connectivity index (χ4v) is 2.07. The molecule has 0 saturated carbocycles. The number of aryl methyl sites for hydroxylation is 1. The summed E-state index contributed by atoms with van der Waals surface area (Å²) in [5.41, 5.74) is 1.45. The highest BCUT2D eigenvalue weighted by atomic mass is 16.5. The van der Waals surface area contributed by atoms with E-state index in [4.69, 9.17) is 4.74 Å². The van der Waals surface area contributed by atoms with Crippen LogP contribution in [0.2, 0.25) is 0 Å². The van der Waals surface area contributed by atoms with Gasteiger partial charge in [0.2, 0.25) is 0 Å². The van der Waals surface area contributed by atoms with E-state index in [0.717, 1.165) is 12.0 Å². The first-order valence-corrected chi connectivity index (χ1v) is 7.24. The largest absolute Gasteiger partial charge is 0.494 e. The van der Waals surface area contributed by atoms with E-state index >= 15 is 0 Å². The number of unbranched alkanes of at least 4 members (excludes halogenated alkanes) is 5. The van der Waals surface area contributed by atoms with Crippen molar-refractivity contribution in [2.45, 2.75) is 52.4 Å². The molecule has 0 spiro atoms. The van der Waals surface area contributed by atoms with E-state index in [1.54, 1.807) is 12.1 Å². The Bertz CT molecular complexity index is 366. The van der Waals surface area contributed by atoms with Crippen molar-refractivity contribution >= 4 is 12.6 Å². The third-order valence-corrected chi connectivity index (χ3v) is 3.20. The molecule has 19 heavy (non-hydrogen) atoms. The molecule has 1 rings (SSSR count). The standard InChI is InChI=1S/C15H25BO3/c1-3-4-5-6-7-8-11-19-15-10-9-13(2)12-14(15)16(17)18/h9-10,12,17-18H,3-8,11H2,1-2H3. The van der Waals surface area contributed by atoms with Crippen molar-refractivity contribution in [3.05, 3.63) is 23.8 Å². The molecule has 106 valence electrons. The molecule has 3 nitrogen and oxygen atoms in total. The molecule has 0 aromatic heterocycles. The van der Waals surface area contributed by atoms with Gasteiger partial charge in [-0.25, -0.2) is 0 Å². The molecular weight excluding hydrogens is 239 g/mol.